The van der Waals surface area contributed by atoms with Crippen molar-refractivity contribution in [3.8, 4) is 11.5 Å². The summed E-state index contributed by atoms with van der Waals surface area (Å²) in [5, 5.41) is 44.3. The topological polar surface area (TPSA) is 196 Å². The lowest BCUT2D eigenvalue weighted by Crippen LogP contribution is -2.16. The van der Waals surface area contributed by atoms with Gasteiger partial charge in [-0.05, 0) is 61.1 Å². The minimum absolute atomic E-state index is 0.000190. The number of nitro groups is 2. The van der Waals surface area contributed by atoms with Crippen molar-refractivity contribution in [3.63, 3.8) is 0 Å². The Morgan fingerprint density at radius 1 is 0.660 bits per heavy atom. The van der Waals surface area contributed by atoms with Crippen LogP contribution in [0.3, 0.4) is 0 Å². The summed E-state index contributed by atoms with van der Waals surface area (Å²) in [7, 11) is 0. The number of ether oxygens (including phenoxy) is 1. The van der Waals surface area contributed by atoms with E-state index in [0.717, 1.165) is 0 Å². The zero-order chi connectivity index (χ0) is 38.1. The van der Waals surface area contributed by atoms with E-state index >= 15 is 0 Å². The molecule has 0 aliphatic carbocycles. The average molecular weight is 762 g/mol. The second kappa shape index (κ2) is 15.2. The molecule has 2 atom stereocenters. The summed E-state index contributed by atoms with van der Waals surface area (Å²) in [4.78, 5) is 48.3. The SMILES string of the molecule is CC(O)Cc1c(Cc2cccc([N+](=O)[O-])c2)c(=O)oc2cc(Oc3cc4oc(=O)c(Cc5cccc([N+](=O)[O-])c5)c(CC(C)O)c4cc3Cl)c(Cl)cc12. The molecule has 0 saturated heterocycles. The Hall–Kier alpha value is -5.60. The number of benzene rings is 4. The summed E-state index contributed by atoms with van der Waals surface area (Å²) in [6.45, 7) is 3.11. The van der Waals surface area contributed by atoms with Gasteiger partial charge in [-0.2, -0.15) is 0 Å². The highest BCUT2D eigenvalue weighted by atomic mass is 35.5. The molecular formula is C38H30Cl2N2O11. The molecule has 6 rings (SSSR count). The fraction of sp³-hybridized carbons (Fsp3) is 0.211. The molecule has 2 N–H and O–H groups in total. The first-order valence-electron chi connectivity index (χ1n) is 16.2. The highest BCUT2D eigenvalue weighted by molar-refractivity contribution is 6.33. The van der Waals surface area contributed by atoms with Crippen LogP contribution in [0.5, 0.6) is 11.5 Å². The Morgan fingerprint density at radius 2 is 1.06 bits per heavy atom. The van der Waals surface area contributed by atoms with Crippen molar-refractivity contribution in [2.75, 3.05) is 0 Å². The molecule has 15 heteroatoms. The van der Waals surface area contributed by atoms with Gasteiger partial charge in [0, 0.05) is 71.1 Å². The van der Waals surface area contributed by atoms with E-state index in [-0.39, 0.29) is 80.9 Å². The van der Waals surface area contributed by atoms with Crippen molar-refractivity contribution < 1.29 is 33.6 Å². The lowest BCUT2D eigenvalue weighted by molar-refractivity contribution is -0.385. The molecule has 0 fully saturated rings. The smallest absolute Gasteiger partial charge is 0.340 e. The number of rotatable bonds is 12. The Morgan fingerprint density at radius 3 is 1.42 bits per heavy atom. The highest BCUT2D eigenvalue weighted by Crippen LogP contribution is 2.40. The normalized spacial score (nSPS) is 12.6. The second-order valence-corrected chi connectivity index (χ2v) is 13.5. The van der Waals surface area contributed by atoms with Crippen LogP contribution in [-0.2, 0) is 25.7 Å². The molecule has 13 nitrogen and oxygen atoms in total. The van der Waals surface area contributed by atoms with Crippen molar-refractivity contribution in [2.45, 2.75) is 51.7 Å². The highest BCUT2D eigenvalue weighted by Gasteiger charge is 2.23. The Bertz CT molecular complexity index is 2370. The van der Waals surface area contributed by atoms with E-state index in [9.17, 15) is 40.0 Å². The van der Waals surface area contributed by atoms with Crippen LogP contribution in [0.2, 0.25) is 10.0 Å². The van der Waals surface area contributed by atoms with Crippen molar-refractivity contribution in [3.05, 3.63) is 157 Å². The third kappa shape index (κ3) is 8.08. The second-order valence-electron chi connectivity index (χ2n) is 12.7. The molecule has 0 radical (unpaired) electrons. The summed E-state index contributed by atoms with van der Waals surface area (Å²) in [6, 6.07) is 17.5. The minimum Gasteiger partial charge on any atom is -0.454 e. The van der Waals surface area contributed by atoms with Gasteiger partial charge in [-0.25, -0.2) is 9.59 Å². The summed E-state index contributed by atoms with van der Waals surface area (Å²) in [5.41, 5.74) is 0.748. The van der Waals surface area contributed by atoms with Gasteiger partial charge in [0.15, 0.2) is 0 Å². The van der Waals surface area contributed by atoms with Crippen LogP contribution in [0.4, 0.5) is 11.4 Å². The predicted molar refractivity (Wildman–Crippen MR) is 198 cm³/mol. The molecule has 0 aliphatic rings. The van der Waals surface area contributed by atoms with Crippen LogP contribution in [0.25, 0.3) is 21.9 Å². The maximum absolute atomic E-state index is 13.4. The van der Waals surface area contributed by atoms with Crippen LogP contribution in [-0.4, -0.2) is 32.3 Å². The first-order valence-corrected chi connectivity index (χ1v) is 17.0. The van der Waals surface area contributed by atoms with E-state index in [1.165, 1.54) is 60.7 Å². The fourth-order valence-corrected chi connectivity index (χ4v) is 6.67. The number of nitrogens with zero attached hydrogens (tertiary/aromatic N) is 2. The van der Waals surface area contributed by atoms with Gasteiger partial charge in [0.25, 0.3) is 11.4 Å². The first-order chi connectivity index (χ1) is 25.2. The van der Waals surface area contributed by atoms with Crippen LogP contribution in [0.1, 0.15) is 47.2 Å². The predicted octanol–water partition coefficient (Wildman–Crippen LogP) is 7.84. The molecule has 2 heterocycles. The molecule has 0 saturated carbocycles. The maximum atomic E-state index is 13.4. The lowest BCUT2D eigenvalue weighted by atomic mass is 9.94. The van der Waals surface area contributed by atoms with Crippen LogP contribution in [0, 0.1) is 20.2 Å². The molecule has 0 bridgehead atoms. The van der Waals surface area contributed by atoms with Gasteiger partial charge >= 0.3 is 11.3 Å². The molecule has 2 unspecified atom stereocenters. The van der Waals surface area contributed by atoms with Gasteiger partial charge in [0.1, 0.15) is 22.7 Å². The number of aliphatic hydroxyl groups excluding tert-OH is 2. The Kier molecular flexibility index (Phi) is 10.6. The van der Waals surface area contributed by atoms with E-state index in [1.807, 2.05) is 0 Å². The summed E-state index contributed by atoms with van der Waals surface area (Å²) >= 11 is 13.4. The quantitative estimate of drug-likeness (QED) is 0.0700. The monoisotopic (exact) mass is 760 g/mol. The zero-order valence-corrected chi connectivity index (χ0v) is 29.6. The van der Waals surface area contributed by atoms with Gasteiger partial charge in [-0.15, -0.1) is 0 Å². The van der Waals surface area contributed by atoms with Crippen molar-refractivity contribution in [2.24, 2.45) is 0 Å². The Balaban J connectivity index is 1.40. The van der Waals surface area contributed by atoms with Gasteiger partial charge < -0.3 is 23.8 Å². The molecule has 0 spiro atoms. The molecule has 6 aromatic rings. The van der Waals surface area contributed by atoms with Gasteiger partial charge in [0.2, 0.25) is 0 Å². The lowest BCUT2D eigenvalue weighted by Gasteiger charge is -2.17. The van der Waals surface area contributed by atoms with E-state index in [4.69, 9.17) is 36.8 Å². The van der Waals surface area contributed by atoms with Crippen LogP contribution < -0.4 is 16.0 Å². The van der Waals surface area contributed by atoms with E-state index < -0.39 is 33.3 Å². The number of fused-ring (bicyclic) bond motifs is 2. The van der Waals surface area contributed by atoms with E-state index in [2.05, 4.69) is 0 Å². The molecule has 2 aromatic heterocycles. The van der Waals surface area contributed by atoms with E-state index in [0.29, 0.717) is 33.0 Å². The third-order valence-electron chi connectivity index (χ3n) is 8.57. The standard InChI is InChI=1S/C38H30Cl2N2O11/c1-19(43)9-25-27-15-31(39)35(17-33(27)52-37(45)29(25)13-21-5-3-7-23(11-21)41(47)48)51-36-18-34-28(16-32(36)40)26(10-20(2)44)30(38(46)53-34)14-22-6-4-8-24(12-22)42(49)50/h3-8,11-12,15-20,43-44H,9-10,13-14H2,1-2H3. The largest absolute Gasteiger partial charge is 0.454 e. The average Bonchev–Trinajstić information content (AvgIpc) is 3.09. The molecule has 0 amide bonds. The number of hydrogen-bond acceptors (Lipinski definition) is 11. The number of aliphatic hydroxyl groups is 2. The number of hydrogen-bond donors (Lipinski definition) is 2. The molecular weight excluding hydrogens is 731 g/mol. The van der Waals surface area contributed by atoms with Crippen molar-refractivity contribution in [1.29, 1.82) is 0 Å². The number of nitro benzene ring substituents is 2. The number of non-ortho nitro benzene ring substituents is 2. The van der Waals surface area contributed by atoms with Crippen molar-refractivity contribution in [1.82, 2.24) is 0 Å². The van der Waals surface area contributed by atoms with Gasteiger partial charge in [0.05, 0.1) is 32.1 Å². The molecule has 0 aliphatic heterocycles. The summed E-state index contributed by atoms with van der Waals surface area (Å²) in [6.07, 6.45) is -1.63. The summed E-state index contributed by atoms with van der Waals surface area (Å²) < 4.78 is 17.5. The van der Waals surface area contributed by atoms with Crippen molar-refractivity contribution >= 4 is 56.5 Å². The summed E-state index contributed by atoms with van der Waals surface area (Å²) in [5.74, 6) is 0.0682. The molecule has 4 aromatic carbocycles. The van der Waals surface area contributed by atoms with E-state index in [1.54, 1.807) is 26.0 Å². The molecule has 272 valence electrons. The number of halogens is 2. The zero-order valence-electron chi connectivity index (χ0n) is 28.1. The van der Waals surface area contributed by atoms with Crippen LogP contribution in [0.15, 0.2) is 91.2 Å². The van der Waals surface area contributed by atoms with Crippen LogP contribution >= 0.6 is 23.2 Å². The third-order valence-corrected chi connectivity index (χ3v) is 9.16. The maximum Gasteiger partial charge on any atom is 0.340 e. The first kappa shape index (κ1) is 37.2. The molecule has 53 heavy (non-hydrogen) atoms. The fourth-order valence-electron chi connectivity index (χ4n) is 6.26. The Labute approximate surface area is 309 Å². The van der Waals surface area contributed by atoms with Gasteiger partial charge in [-0.3, -0.25) is 20.2 Å². The van der Waals surface area contributed by atoms with Gasteiger partial charge in [-0.1, -0.05) is 47.5 Å². The minimum atomic E-state index is -0.866.